The number of hydrogen-bond acceptors (Lipinski definition) is 2. The zero-order chi connectivity index (χ0) is 14.0. The fourth-order valence-corrected chi connectivity index (χ4v) is 2.09. The zero-order valence-electron chi connectivity index (χ0n) is 10.7. The summed E-state index contributed by atoms with van der Waals surface area (Å²) >= 11 is 0. The summed E-state index contributed by atoms with van der Waals surface area (Å²) in [6.07, 6.45) is 2.12. The molecule has 0 heterocycles. The van der Waals surface area contributed by atoms with Crippen molar-refractivity contribution in [3.63, 3.8) is 0 Å². The third-order valence-corrected chi connectivity index (χ3v) is 3.40. The van der Waals surface area contributed by atoms with Crippen LogP contribution < -0.4 is 11.1 Å². The lowest BCUT2D eigenvalue weighted by molar-refractivity contribution is 0.198. The summed E-state index contributed by atoms with van der Waals surface area (Å²) in [4.78, 5) is 13.5. The van der Waals surface area contributed by atoms with Gasteiger partial charge in [0.25, 0.3) is 0 Å². The molecule has 1 unspecified atom stereocenters. The molecule has 1 fully saturated rings. The molecule has 104 valence electrons. The van der Waals surface area contributed by atoms with Crippen LogP contribution >= 0.6 is 0 Å². The maximum Gasteiger partial charge on any atom is 0.321 e. The summed E-state index contributed by atoms with van der Waals surface area (Å²) in [6, 6.07) is 2.55. The standard InChI is InChI=1S/C13H17F2N3O/c1-18(12(7-16)8-2-3-8)13(19)17-11-5-4-9(14)6-10(11)15/h4-6,8,12H,2-3,7,16H2,1H3,(H,17,19). The van der Waals surface area contributed by atoms with Gasteiger partial charge in [0.05, 0.1) is 5.69 Å². The molecule has 1 aliphatic rings. The quantitative estimate of drug-likeness (QED) is 0.880. The molecule has 2 amide bonds. The number of nitrogens with two attached hydrogens (primary N) is 1. The number of nitrogens with one attached hydrogen (secondary N) is 1. The molecule has 6 heteroatoms. The third-order valence-electron chi connectivity index (χ3n) is 3.40. The van der Waals surface area contributed by atoms with E-state index < -0.39 is 17.7 Å². The molecule has 1 atom stereocenters. The molecule has 0 spiro atoms. The number of nitrogens with zero attached hydrogens (tertiary/aromatic N) is 1. The van der Waals surface area contributed by atoms with E-state index in [1.165, 1.54) is 11.0 Å². The van der Waals surface area contributed by atoms with E-state index in [4.69, 9.17) is 5.73 Å². The SMILES string of the molecule is CN(C(=O)Nc1ccc(F)cc1F)C(CN)C1CC1. The van der Waals surface area contributed by atoms with E-state index in [0.717, 1.165) is 25.0 Å². The minimum atomic E-state index is -0.794. The van der Waals surface area contributed by atoms with Gasteiger partial charge in [0.1, 0.15) is 11.6 Å². The number of carbonyl (C=O) groups excluding carboxylic acids is 1. The highest BCUT2D eigenvalue weighted by Crippen LogP contribution is 2.34. The number of rotatable bonds is 4. The van der Waals surface area contributed by atoms with Crippen LogP contribution in [-0.2, 0) is 0 Å². The first-order valence-corrected chi connectivity index (χ1v) is 6.22. The van der Waals surface area contributed by atoms with Crippen molar-refractivity contribution in [3.8, 4) is 0 Å². The van der Waals surface area contributed by atoms with Crippen molar-refractivity contribution in [1.29, 1.82) is 0 Å². The van der Waals surface area contributed by atoms with Crippen LogP contribution in [0, 0.1) is 17.6 Å². The number of hydrogen-bond donors (Lipinski definition) is 2. The predicted octanol–water partition coefficient (Wildman–Crippen LogP) is 2.17. The molecule has 0 aromatic heterocycles. The van der Waals surface area contributed by atoms with Crippen LogP contribution in [0.4, 0.5) is 19.3 Å². The number of amides is 2. The number of halogens is 2. The monoisotopic (exact) mass is 269 g/mol. The maximum atomic E-state index is 13.4. The maximum absolute atomic E-state index is 13.4. The van der Waals surface area contributed by atoms with Gasteiger partial charge in [-0.2, -0.15) is 0 Å². The summed E-state index contributed by atoms with van der Waals surface area (Å²) < 4.78 is 26.2. The van der Waals surface area contributed by atoms with Gasteiger partial charge in [-0.05, 0) is 30.9 Å². The number of urea groups is 1. The smallest absolute Gasteiger partial charge is 0.321 e. The van der Waals surface area contributed by atoms with Crippen molar-refractivity contribution >= 4 is 11.7 Å². The fraction of sp³-hybridized carbons (Fsp3) is 0.462. The van der Waals surface area contributed by atoms with Crippen molar-refractivity contribution in [1.82, 2.24) is 4.90 Å². The fourth-order valence-electron chi connectivity index (χ4n) is 2.09. The van der Waals surface area contributed by atoms with Gasteiger partial charge in [-0.15, -0.1) is 0 Å². The van der Waals surface area contributed by atoms with Gasteiger partial charge in [-0.1, -0.05) is 0 Å². The van der Waals surface area contributed by atoms with Gasteiger partial charge in [0, 0.05) is 25.7 Å². The Morgan fingerprint density at radius 3 is 2.74 bits per heavy atom. The van der Waals surface area contributed by atoms with Crippen molar-refractivity contribution < 1.29 is 13.6 Å². The first-order chi connectivity index (χ1) is 9.02. The Bertz CT molecular complexity index is 477. The molecule has 1 aliphatic carbocycles. The molecule has 0 aliphatic heterocycles. The summed E-state index contributed by atoms with van der Waals surface area (Å²) in [5.74, 6) is -1.04. The van der Waals surface area contributed by atoms with E-state index >= 15 is 0 Å². The van der Waals surface area contributed by atoms with Crippen molar-refractivity contribution in [2.24, 2.45) is 11.7 Å². The third kappa shape index (κ3) is 3.20. The van der Waals surface area contributed by atoms with Crippen molar-refractivity contribution in [2.75, 3.05) is 18.9 Å². The summed E-state index contributed by atoms with van der Waals surface area (Å²) in [7, 11) is 1.63. The number of benzene rings is 1. The molecular formula is C13H17F2N3O. The van der Waals surface area contributed by atoms with Gasteiger partial charge in [0.2, 0.25) is 0 Å². The van der Waals surface area contributed by atoms with E-state index in [-0.39, 0.29) is 11.7 Å². The largest absolute Gasteiger partial charge is 0.328 e. The normalized spacial score (nSPS) is 16.0. The summed E-state index contributed by atoms with van der Waals surface area (Å²) in [5, 5.41) is 2.42. The van der Waals surface area contributed by atoms with Gasteiger partial charge in [-0.25, -0.2) is 13.6 Å². The molecule has 1 aromatic carbocycles. The van der Waals surface area contributed by atoms with E-state index in [1.54, 1.807) is 7.05 Å². The van der Waals surface area contributed by atoms with Crippen LogP contribution in [0.25, 0.3) is 0 Å². The minimum Gasteiger partial charge on any atom is -0.328 e. The van der Waals surface area contributed by atoms with Gasteiger partial charge in [0.15, 0.2) is 0 Å². The average Bonchev–Trinajstić information content (AvgIpc) is 3.18. The zero-order valence-corrected chi connectivity index (χ0v) is 10.7. The van der Waals surface area contributed by atoms with Crippen LogP contribution in [0.1, 0.15) is 12.8 Å². The van der Waals surface area contributed by atoms with Crippen LogP contribution in [-0.4, -0.2) is 30.6 Å². The Labute approximate surface area is 110 Å². The molecule has 0 radical (unpaired) electrons. The highest BCUT2D eigenvalue weighted by atomic mass is 19.1. The highest BCUT2D eigenvalue weighted by Gasteiger charge is 2.34. The molecule has 3 N–H and O–H groups in total. The van der Waals surface area contributed by atoms with Gasteiger partial charge < -0.3 is 16.0 Å². The predicted molar refractivity (Wildman–Crippen MR) is 68.7 cm³/mol. The Kier molecular flexibility index (Phi) is 3.99. The Morgan fingerprint density at radius 2 is 2.21 bits per heavy atom. The lowest BCUT2D eigenvalue weighted by atomic mass is 10.1. The van der Waals surface area contributed by atoms with Gasteiger partial charge in [-0.3, -0.25) is 0 Å². The summed E-state index contributed by atoms with van der Waals surface area (Å²) in [6.45, 7) is 0.375. The second kappa shape index (κ2) is 5.52. The molecular weight excluding hydrogens is 252 g/mol. The number of carbonyl (C=O) groups is 1. The second-order valence-electron chi connectivity index (χ2n) is 4.81. The first kappa shape index (κ1) is 13.7. The lowest BCUT2D eigenvalue weighted by Crippen LogP contribution is -2.45. The van der Waals surface area contributed by atoms with Crippen molar-refractivity contribution in [3.05, 3.63) is 29.8 Å². The Morgan fingerprint density at radius 1 is 1.53 bits per heavy atom. The molecule has 1 saturated carbocycles. The minimum absolute atomic E-state index is 0.0372. The molecule has 4 nitrogen and oxygen atoms in total. The van der Waals surface area contributed by atoms with E-state index in [9.17, 15) is 13.6 Å². The highest BCUT2D eigenvalue weighted by molar-refractivity contribution is 5.89. The molecule has 19 heavy (non-hydrogen) atoms. The molecule has 2 rings (SSSR count). The van der Waals surface area contributed by atoms with Crippen LogP contribution in [0.15, 0.2) is 18.2 Å². The molecule has 0 saturated heterocycles. The molecule has 0 bridgehead atoms. The van der Waals surface area contributed by atoms with Gasteiger partial charge >= 0.3 is 6.03 Å². The van der Waals surface area contributed by atoms with E-state index in [0.29, 0.717) is 12.5 Å². The summed E-state index contributed by atoms with van der Waals surface area (Å²) in [5.41, 5.74) is 5.61. The van der Waals surface area contributed by atoms with Crippen molar-refractivity contribution in [2.45, 2.75) is 18.9 Å². The second-order valence-corrected chi connectivity index (χ2v) is 4.81. The Hall–Kier alpha value is -1.69. The van der Waals surface area contributed by atoms with Crippen LogP contribution in [0.2, 0.25) is 0 Å². The van der Waals surface area contributed by atoms with E-state index in [1.807, 2.05) is 0 Å². The Balaban J connectivity index is 2.03. The number of likely N-dealkylation sites (N-methyl/N-ethyl adjacent to an activating group) is 1. The average molecular weight is 269 g/mol. The van der Waals surface area contributed by atoms with Crippen LogP contribution in [0.3, 0.4) is 0 Å². The topological polar surface area (TPSA) is 58.4 Å². The number of anilines is 1. The first-order valence-electron chi connectivity index (χ1n) is 6.22. The van der Waals surface area contributed by atoms with Crippen LogP contribution in [0.5, 0.6) is 0 Å². The molecule has 1 aromatic rings. The van der Waals surface area contributed by atoms with E-state index in [2.05, 4.69) is 5.32 Å². The lowest BCUT2D eigenvalue weighted by Gasteiger charge is -2.27.